The highest BCUT2D eigenvalue weighted by molar-refractivity contribution is 9.10. The Kier molecular flexibility index (Phi) is 4.96. The smallest absolute Gasteiger partial charge is 0.253 e. The fraction of sp³-hybridized carbons (Fsp3) is 0.222. The quantitative estimate of drug-likeness (QED) is 0.835. The van der Waals surface area contributed by atoms with Crippen LogP contribution in [0.25, 0.3) is 0 Å². The summed E-state index contributed by atoms with van der Waals surface area (Å²) in [6.45, 7) is 2.40. The Balaban J connectivity index is 1.76. The van der Waals surface area contributed by atoms with E-state index in [1.165, 1.54) is 11.8 Å². The molecular weight excluding hydrogens is 388 g/mol. The molecule has 1 N–H and O–H groups in total. The van der Waals surface area contributed by atoms with E-state index in [4.69, 9.17) is 0 Å². The fourth-order valence-electron chi connectivity index (χ4n) is 2.50. The first-order valence-electron chi connectivity index (χ1n) is 7.55. The van der Waals surface area contributed by atoms with Gasteiger partial charge in [0.05, 0.1) is 10.9 Å². The zero-order valence-corrected chi connectivity index (χ0v) is 15.8. The van der Waals surface area contributed by atoms with Crippen LogP contribution in [0.5, 0.6) is 0 Å². The predicted molar refractivity (Wildman–Crippen MR) is 100 cm³/mol. The average Bonchev–Trinajstić information content (AvgIpc) is 2.57. The molecular formula is C18H17BrN2O2S. The summed E-state index contributed by atoms with van der Waals surface area (Å²) >= 11 is 4.92. The summed E-state index contributed by atoms with van der Waals surface area (Å²) in [5.74, 6) is -0.0982. The van der Waals surface area contributed by atoms with Crippen molar-refractivity contribution >= 4 is 45.2 Å². The number of benzene rings is 2. The molecule has 3 rings (SSSR count). The Morgan fingerprint density at radius 3 is 2.67 bits per heavy atom. The zero-order valence-electron chi connectivity index (χ0n) is 13.4. The van der Waals surface area contributed by atoms with Gasteiger partial charge < -0.3 is 10.2 Å². The minimum Gasteiger partial charge on any atom is -0.337 e. The van der Waals surface area contributed by atoms with Gasteiger partial charge in [0.2, 0.25) is 5.91 Å². The molecule has 1 aliphatic heterocycles. The van der Waals surface area contributed by atoms with Crippen molar-refractivity contribution in [3.05, 3.63) is 58.1 Å². The van der Waals surface area contributed by atoms with Gasteiger partial charge in [0, 0.05) is 28.5 Å². The maximum atomic E-state index is 12.6. The van der Waals surface area contributed by atoms with E-state index in [0.717, 1.165) is 14.9 Å². The van der Waals surface area contributed by atoms with E-state index >= 15 is 0 Å². The van der Waals surface area contributed by atoms with E-state index in [1.807, 2.05) is 43.3 Å². The molecule has 1 aliphatic rings. The summed E-state index contributed by atoms with van der Waals surface area (Å²) in [5.41, 5.74) is 2.35. The molecule has 0 fully saturated rings. The second-order valence-corrected chi connectivity index (χ2v) is 8.05. The van der Waals surface area contributed by atoms with Gasteiger partial charge in [-0.25, -0.2) is 0 Å². The lowest BCUT2D eigenvalue weighted by molar-refractivity contribution is -0.115. The van der Waals surface area contributed by atoms with Crippen LogP contribution >= 0.6 is 27.7 Å². The summed E-state index contributed by atoms with van der Waals surface area (Å²) in [4.78, 5) is 27.1. The molecule has 0 saturated heterocycles. The maximum Gasteiger partial charge on any atom is 0.253 e. The van der Waals surface area contributed by atoms with Crippen LogP contribution in [0.2, 0.25) is 0 Å². The van der Waals surface area contributed by atoms with Crippen molar-refractivity contribution < 1.29 is 9.59 Å². The molecule has 0 aromatic heterocycles. The number of hydrogen-bond donors (Lipinski definition) is 1. The monoisotopic (exact) mass is 404 g/mol. The summed E-state index contributed by atoms with van der Waals surface area (Å²) in [6, 6.07) is 13.4. The summed E-state index contributed by atoms with van der Waals surface area (Å²) < 4.78 is 1.01. The first kappa shape index (κ1) is 17.0. The number of hydrogen-bond acceptors (Lipinski definition) is 3. The number of nitrogens with one attached hydrogen (secondary N) is 1. The second-order valence-electron chi connectivity index (χ2n) is 5.75. The van der Waals surface area contributed by atoms with E-state index in [9.17, 15) is 9.59 Å². The van der Waals surface area contributed by atoms with E-state index in [1.54, 1.807) is 18.0 Å². The molecule has 0 radical (unpaired) electrons. The van der Waals surface area contributed by atoms with Crippen LogP contribution in [-0.4, -0.2) is 29.0 Å². The first-order valence-corrected chi connectivity index (χ1v) is 9.23. The Bertz CT molecular complexity index is 792. The Labute approximate surface area is 153 Å². The van der Waals surface area contributed by atoms with Crippen LogP contribution in [0.4, 0.5) is 5.69 Å². The number of rotatable bonds is 3. The minimum atomic E-state index is -0.112. The van der Waals surface area contributed by atoms with Crippen LogP contribution in [0, 0.1) is 0 Å². The SMILES string of the molecule is CC1Sc2ccc(C(=O)N(C)Cc3ccc(Br)cc3)cc2NC1=O. The van der Waals surface area contributed by atoms with E-state index < -0.39 is 0 Å². The molecule has 124 valence electrons. The number of fused-ring (bicyclic) bond motifs is 1. The Morgan fingerprint density at radius 2 is 1.96 bits per heavy atom. The molecule has 2 aromatic carbocycles. The molecule has 1 unspecified atom stereocenters. The fourth-order valence-corrected chi connectivity index (χ4v) is 3.69. The normalized spacial score (nSPS) is 16.3. The van der Waals surface area contributed by atoms with Crippen molar-refractivity contribution in [2.75, 3.05) is 12.4 Å². The Morgan fingerprint density at radius 1 is 1.25 bits per heavy atom. The maximum absolute atomic E-state index is 12.6. The van der Waals surface area contributed by atoms with Gasteiger partial charge >= 0.3 is 0 Å². The van der Waals surface area contributed by atoms with Crippen molar-refractivity contribution in [2.45, 2.75) is 23.6 Å². The van der Waals surface area contributed by atoms with Crippen molar-refractivity contribution in [3.63, 3.8) is 0 Å². The molecule has 24 heavy (non-hydrogen) atoms. The van der Waals surface area contributed by atoms with Crippen LogP contribution in [0.1, 0.15) is 22.8 Å². The number of thioether (sulfide) groups is 1. The summed E-state index contributed by atoms with van der Waals surface area (Å²) in [6.07, 6.45) is 0. The lowest BCUT2D eigenvalue weighted by atomic mass is 10.1. The van der Waals surface area contributed by atoms with Crippen molar-refractivity contribution in [1.29, 1.82) is 0 Å². The van der Waals surface area contributed by atoms with Gasteiger partial charge in [-0.3, -0.25) is 9.59 Å². The van der Waals surface area contributed by atoms with Crippen molar-refractivity contribution in [2.24, 2.45) is 0 Å². The number of nitrogens with zero attached hydrogens (tertiary/aromatic N) is 1. The molecule has 2 aromatic rings. The topological polar surface area (TPSA) is 49.4 Å². The highest BCUT2D eigenvalue weighted by Gasteiger charge is 2.24. The predicted octanol–water partition coefficient (Wildman–Crippen LogP) is 4.15. The van der Waals surface area contributed by atoms with Gasteiger partial charge in [0.25, 0.3) is 5.91 Å². The molecule has 1 atom stereocenters. The molecule has 0 aliphatic carbocycles. The summed E-state index contributed by atoms with van der Waals surface area (Å²) in [5, 5.41) is 2.75. The van der Waals surface area contributed by atoms with Gasteiger partial charge in [-0.2, -0.15) is 0 Å². The first-order chi connectivity index (χ1) is 11.4. The van der Waals surface area contributed by atoms with Gasteiger partial charge in [0.1, 0.15) is 0 Å². The van der Waals surface area contributed by atoms with Gasteiger partial charge in [-0.1, -0.05) is 28.1 Å². The van der Waals surface area contributed by atoms with E-state index in [0.29, 0.717) is 17.8 Å². The third-order valence-electron chi connectivity index (χ3n) is 3.84. The van der Waals surface area contributed by atoms with E-state index in [-0.39, 0.29) is 17.1 Å². The van der Waals surface area contributed by atoms with Gasteiger partial charge in [-0.15, -0.1) is 11.8 Å². The number of carbonyl (C=O) groups is 2. The average molecular weight is 405 g/mol. The summed E-state index contributed by atoms with van der Waals surface area (Å²) in [7, 11) is 1.78. The number of anilines is 1. The highest BCUT2D eigenvalue weighted by Crippen LogP contribution is 2.36. The Hall–Kier alpha value is -1.79. The highest BCUT2D eigenvalue weighted by atomic mass is 79.9. The zero-order chi connectivity index (χ0) is 17.3. The van der Waals surface area contributed by atoms with Gasteiger partial charge in [-0.05, 0) is 42.8 Å². The molecule has 4 nitrogen and oxygen atoms in total. The molecule has 0 spiro atoms. The number of amides is 2. The number of carbonyl (C=O) groups excluding carboxylic acids is 2. The lowest BCUT2D eigenvalue weighted by Gasteiger charge is -2.23. The molecule has 6 heteroatoms. The van der Waals surface area contributed by atoms with Gasteiger partial charge in [0.15, 0.2) is 0 Å². The van der Waals surface area contributed by atoms with Crippen LogP contribution in [-0.2, 0) is 11.3 Å². The van der Waals surface area contributed by atoms with Crippen molar-refractivity contribution in [1.82, 2.24) is 4.90 Å². The third kappa shape index (κ3) is 3.65. The number of halogens is 1. The molecule has 0 saturated carbocycles. The molecule has 2 amide bonds. The molecule has 0 bridgehead atoms. The van der Waals surface area contributed by atoms with E-state index in [2.05, 4.69) is 21.2 Å². The lowest BCUT2D eigenvalue weighted by Crippen LogP contribution is -2.28. The second kappa shape index (κ2) is 6.99. The van der Waals surface area contributed by atoms with Crippen LogP contribution in [0.15, 0.2) is 51.8 Å². The largest absolute Gasteiger partial charge is 0.337 e. The van der Waals surface area contributed by atoms with Crippen LogP contribution < -0.4 is 5.32 Å². The van der Waals surface area contributed by atoms with Crippen molar-refractivity contribution in [3.8, 4) is 0 Å². The molecule has 1 heterocycles. The third-order valence-corrected chi connectivity index (χ3v) is 5.54. The standard InChI is InChI=1S/C18H17BrN2O2S/c1-11-17(22)20-15-9-13(5-8-16(15)24-11)18(23)21(2)10-12-3-6-14(19)7-4-12/h3-9,11H,10H2,1-2H3,(H,20,22). The van der Waals surface area contributed by atoms with Crippen LogP contribution in [0.3, 0.4) is 0 Å². The minimum absolute atomic E-state index is 0.0275.